The van der Waals surface area contributed by atoms with Gasteiger partial charge < -0.3 is 14.7 Å². The average Bonchev–Trinajstić information content (AvgIpc) is 3.08. The zero-order chi connectivity index (χ0) is 13.1. The Morgan fingerprint density at radius 3 is 2.95 bits per heavy atom. The summed E-state index contributed by atoms with van der Waals surface area (Å²) in [6.45, 7) is 3.05. The molecular formula is C16H18N2O. The van der Waals surface area contributed by atoms with Crippen LogP contribution in [-0.4, -0.2) is 11.5 Å². The Labute approximate surface area is 112 Å². The second-order valence-corrected chi connectivity index (χ2v) is 4.80. The highest BCUT2D eigenvalue weighted by Crippen LogP contribution is 2.18. The molecule has 2 N–H and O–H groups in total. The van der Waals surface area contributed by atoms with Crippen LogP contribution >= 0.6 is 0 Å². The number of nitrogens with one attached hydrogen (secondary N) is 2. The van der Waals surface area contributed by atoms with E-state index in [1.54, 1.807) is 6.26 Å². The van der Waals surface area contributed by atoms with Crippen LogP contribution in [0.15, 0.2) is 53.3 Å². The van der Waals surface area contributed by atoms with Gasteiger partial charge in [-0.3, -0.25) is 0 Å². The molecule has 0 saturated carbocycles. The highest BCUT2D eigenvalue weighted by molar-refractivity contribution is 5.83. The molecule has 3 nitrogen and oxygen atoms in total. The second kappa shape index (κ2) is 5.33. The number of H-pyrrole nitrogens is 1. The fraction of sp³-hybridized carbons (Fsp3) is 0.250. The standard InChI is InChI=1S/C16H18N2O/c1-12(16-7-4-10-19-16)17-9-8-13-11-18-15-6-3-2-5-14(13)15/h2-7,10-12,17-18H,8-9H2,1H3. The first-order valence-electron chi connectivity index (χ1n) is 6.66. The van der Waals surface area contributed by atoms with Crippen LogP contribution in [0.25, 0.3) is 10.9 Å². The summed E-state index contributed by atoms with van der Waals surface area (Å²) < 4.78 is 5.38. The maximum Gasteiger partial charge on any atom is 0.120 e. The van der Waals surface area contributed by atoms with Gasteiger partial charge in [0.1, 0.15) is 5.76 Å². The van der Waals surface area contributed by atoms with E-state index < -0.39 is 0 Å². The molecule has 3 rings (SSSR count). The number of rotatable bonds is 5. The predicted molar refractivity (Wildman–Crippen MR) is 77.1 cm³/mol. The molecule has 0 bridgehead atoms. The topological polar surface area (TPSA) is 41.0 Å². The van der Waals surface area contributed by atoms with Gasteiger partial charge in [-0.05, 0) is 43.7 Å². The molecule has 1 atom stereocenters. The van der Waals surface area contributed by atoms with E-state index in [0.717, 1.165) is 18.7 Å². The maximum atomic E-state index is 5.38. The van der Waals surface area contributed by atoms with E-state index in [0.29, 0.717) is 0 Å². The van der Waals surface area contributed by atoms with Crippen LogP contribution in [0.1, 0.15) is 24.3 Å². The Hall–Kier alpha value is -2.00. The van der Waals surface area contributed by atoms with Crippen LogP contribution in [0.3, 0.4) is 0 Å². The minimum atomic E-state index is 0.250. The molecule has 1 unspecified atom stereocenters. The van der Waals surface area contributed by atoms with E-state index in [9.17, 15) is 0 Å². The number of hydrogen-bond acceptors (Lipinski definition) is 2. The van der Waals surface area contributed by atoms with Crippen molar-refractivity contribution in [2.24, 2.45) is 0 Å². The highest BCUT2D eigenvalue weighted by atomic mass is 16.3. The molecule has 0 aliphatic carbocycles. The van der Waals surface area contributed by atoms with Gasteiger partial charge in [0.05, 0.1) is 12.3 Å². The molecule has 3 aromatic rings. The predicted octanol–water partition coefficient (Wildman–Crippen LogP) is 3.65. The fourth-order valence-corrected chi connectivity index (χ4v) is 2.40. The fourth-order valence-electron chi connectivity index (χ4n) is 2.40. The third-order valence-corrected chi connectivity index (χ3v) is 3.49. The number of para-hydroxylation sites is 1. The van der Waals surface area contributed by atoms with Crippen molar-refractivity contribution in [2.45, 2.75) is 19.4 Å². The summed E-state index contributed by atoms with van der Waals surface area (Å²) in [5.41, 5.74) is 2.56. The van der Waals surface area contributed by atoms with Gasteiger partial charge in [-0.25, -0.2) is 0 Å². The van der Waals surface area contributed by atoms with Crippen molar-refractivity contribution in [2.75, 3.05) is 6.54 Å². The van der Waals surface area contributed by atoms with E-state index in [1.165, 1.54) is 16.5 Å². The van der Waals surface area contributed by atoms with Crippen LogP contribution in [0.5, 0.6) is 0 Å². The maximum absolute atomic E-state index is 5.38. The lowest BCUT2D eigenvalue weighted by Crippen LogP contribution is -2.20. The Morgan fingerprint density at radius 1 is 1.21 bits per heavy atom. The van der Waals surface area contributed by atoms with Gasteiger partial charge in [-0.2, -0.15) is 0 Å². The number of fused-ring (bicyclic) bond motifs is 1. The Morgan fingerprint density at radius 2 is 2.11 bits per heavy atom. The normalized spacial score (nSPS) is 12.9. The Bertz CT molecular complexity index is 640. The third-order valence-electron chi connectivity index (χ3n) is 3.49. The summed E-state index contributed by atoms with van der Waals surface area (Å²) in [4.78, 5) is 3.31. The zero-order valence-corrected chi connectivity index (χ0v) is 11.0. The summed E-state index contributed by atoms with van der Waals surface area (Å²) in [5.74, 6) is 0.985. The largest absolute Gasteiger partial charge is 0.468 e. The number of benzene rings is 1. The van der Waals surface area contributed by atoms with E-state index in [-0.39, 0.29) is 6.04 Å². The first kappa shape index (κ1) is 12.1. The molecule has 0 spiro atoms. The van der Waals surface area contributed by atoms with Crippen molar-refractivity contribution in [3.05, 3.63) is 60.2 Å². The number of hydrogen-bond donors (Lipinski definition) is 2. The molecule has 0 fully saturated rings. The van der Waals surface area contributed by atoms with Gasteiger partial charge in [0.2, 0.25) is 0 Å². The van der Waals surface area contributed by atoms with Crippen molar-refractivity contribution in [1.29, 1.82) is 0 Å². The van der Waals surface area contributed by atoms with Gasteiger partial charge in [-0.1, -0.05) is 18.2 Å². The Balaban J connectivity index is 1.61. The van der Waals surface area contributed by atoms with Crippen molar-refractivity contribution < 1.29 is 4.42 Å². The Kier molecular flexibility index (Phi) is 3.38. The lowest BCUT2D eigenvalue weighted by atomic mass is 10.1. The summed E-state index contributed by atoms with van der Waals surface area (Å²) in [5, 5.41) is 4.80. The molecule has 98 valence electrons. The molecule has 1 aromatic carbocycles. The lowest BCUT2D eigenvalue weighted by Gasteiger charge is -2.10. The van der Waals surface area contributed by atoms with Gasteiger partial charge >= 0.3 is 0 Å². The SMILES string of the molecule is CC(NCCc1c[nH]c2ccccc12)c1ccco1. The van der Waals surface area contributed by atoms with Crippen molar-refractivity contribution in [3.8, 4) is 0 Å². The summed E-state index contributed by atoms with van der Waals surface area (Å²) in [7, 11) is 0. The van der Waals surface area contributed by atoms with Gasteiger partial charge in [-0.15, -0.1) is 0 Å². The molecule has 2 heterocycles. The molecule has 0 aliphatic heterocycles. The molecule has 0 aliphatic rings. The molecular weight excluding hydrogens is 236 g/mol. The molecule has 3 heteroatoms. The lowest BCUT2D eigenvalue weighted by molar-refractivity contribution is 0.433. The first-order chi connectivity index (χ1) is 9.34. The molecule has 0 saturated heterocycles. The van der Waals surface area contributed by atoms with E-state index >= 15 is 0 Å². The molecule has 19 heavy (non-hydrogen) atoms. The summed E-state index contributed by atoms with van der Waals surface area (Å²) in [6.07, 6.45) is 4.83. The molecule has 0 radical (unpaired) electrons. The molecule has 0 amide bonds. The van der Waals surface area contributed by atoms with Crippen molar-refractivity contribution in [1.82, 2.24) is 10.3 Å². The minimum absolute atomic E-state index is 0.250. The molecule has 2 aromatic heterocycles. The van der Waals surface area contributed by atoms with Crippen molar-refractivity contribution >= 4 is 10.9 Å². The quantitative estimate of drug-likeness (QED) is 0.729. The summed E-state index contributed by atoms with van der Waals surface area (Å²) >= 11 is 0. The van der Waals surface area contributed by atoms with Crippen LogP contribution in [0, 0.1) is 0 Å². The van der Waals surface area contributed by atoms with Crippen molar-refractivity contribution in [3.63, 3.8) is 0 Å². The summed E-state index contributed by atoms with van der Waals surface area (Å²) in [6, 6.07) is 12.6. The van der Waals surface area contributed by atoms with Crippen LogP contribution in [-0.2, 0) is 6.42 Å². The van der Waals surface area contributed by atoms with Gasteiger partial charge in [0, 0.05) is 17.1 Å². The highest BCUT2D eigenvalue weighted by Gasteiger charge is 2.08. The van der Waals surface area contributed by atoms with Crippen LogP contribution in [0.2, 0.25) is 0 Å². The average molecular weight is 254 g/mol. The number of aromatic amines is 1. The second-order valence-electron chi connectivity index (χ2n) is 4.80. The van der Waals surface area contributed by atoms with E-state index in [4.69, 9.17) is 4.42 Å². The first-order valence-corrected chi connectivity index (χ1v) is 6.66. The zero-order valence-electron chi connectivity index (χ0n) is 11.0. The minimum Gasteiger partial charge on any atom is -0.468 e. The monoisotopic (exact) mass is 254 g/mol. The van der Waals surface area contributed by atoms with Crippen LogP contribution < -0.4 is 5.32 Å². The number of furan rings is 1. The van der Waals surface area contributed by atoms with Crippen LogP contribution in [0.4, 0.5) is 0 Å². The third kappa shape index (κ3) is 2.56. The van der Waals surface area contributed by atoms with Gasteiger partial charge in [0.15, 0.2) is 0 Å². The van der Waals surface area contributed by atoms with E-state index in [2.05, 4.69) is 47.7 Å². The van der Waals surface area contributed by atoms with E-state index in [1.807, 2.05) is 12.1 Å². The smallest absolute Gasteiger partial charge is 0.120 e. The number of aromatic nitrogens is 1. The van der Waals surface area contributed by atoms with Gasteiger partial charge in [0.25, 0.3) is 0 Å².